The summed E-state index contributed by atoms with van der Waals surface area (Å²) in [6, 6.07) is 8.08. The number of nitrogens with zero attached hydrogens (tertiary/aromatic N) is 1. The van der Waals surface area contributed by atoms with Gasteiger partial charge in [0, 0.05) is 18.4 Å². The van der Waals surface area contributed by atoms with Crippen LogP contribution in [0.2, 0.25) is 0 Å². The summed E-state index contributed by atoms with van der Waals surface area (Å²) in [5, 5.41) is 10.8. The van der Waals surface area contributed by atoms with E-state index in [1.807, 2.05) is 51.1 Å². The van der Waals surface area contributed by atoms with E-state index in [1.165, 1.54) is 0 Å². The van der Waals surface area contributed by atoms with Crippen LogP contribution in [0, 0.1) is 13.8 Å². The first-order chi connectivity index (χ1) is 12.0. The Morgan fingerprint density at radius 1 is 1.24 bits per heavy atom. The zero-order valence-electron chi connectivity index (χ0n) is 15.3. The molecule has 0 radical (unpaired) electrons. The Bertz CT molecular complexity index is 741. The van der Waals surface area contributed by atoms with Gasteiger partial charge in [0.25, 0.3) is 0 Å². The lowest BCUT2D eigenvalue weighted by Crippen LogP contribution is -2.35. The maximum atomic E-state index is 10.8. The zero-order chi connectivity index (χ0) is 17.9. The molecule has 1 aliphatic rings. The Kier molecular flexibility index (Phi) is 5.40. The molecule has 0 amide bonds. The minimum absolute atomic E-state index is 0.407. The molecule has 2 aromatic rings. The normalized spacial score (nSPS) is 18.6. The molecule has 1 fully saturated rings. The van der Waals surface area contributed by atoms with Gasteiger partial charge in [-0.05, 0) is 45.7 Å². The van der Waals surface area contributed by atoms with Crippen molar-refractivity contribution >= 4 is 0 Å². The number of aliphatic hydroxyl groups is 1. The molecule has 1 saturated carbocycles. The van der Waals surface area contributed by atoms with Crippen LogP contribution in [-0.4, -0.2) is 15.9 Å². The molecule has 1 unspecified atom stereocenters. The molecule has 4 heteroatoms. The summed E-state index contributed by atoms with van der Waals surface area (Å²) >= 11 is 0. The fraction of sp³-hybridized carbons (Fsp3) is 0.476. The summed E-state index contributed by atoms with van der Waals surface area (Å²) in [7, 11) is 0. The lowest BCUT2D eigenvalue weighted by Gasteiger charge is -2.34. The van der Waals surface area contributed by atoms with Gasteiger partial charge in [-0.15, -0.1) is 0 Å². The number of allylic oxidation sites excluding steroid dienone is 1. The number of benzene rings is 1. The van der Waals surface area contributed by atoms with Crippen molar-refractivity contribution in [3.8, 4) is 11.5 Å². The van der Waals surface area contributed by atoms with Gasteiger partial charge in [0.15, 0.2) is 5.79 Å². The largest absolute Gasteiger partial charge is 0.441 e. The first-order valence-corrected chi connectivity index (χ1v) is 9.08. The van der Waals surface area contributed by atoms with E-state index in [1.54, 1.807) is 0 Å². The number of ether oxygens (including phenoxy) is 1. The standard InChI is InChI=1S/C21H27NO3/c1-4-9-18(25-21(23)12-6-5-7-13-21)19-16(3)24-20(22-19)17-11-8-10-15(2)14-17/h4,8-11,14,18,23H,5-7,12-13H2,1-3H3. The van der Waals surface area contributed by atoms with Gasteiger partial charge in [0.05, 0.1) is 0 Å². The molecule has 0 saturated heterocycles. The first kappa shape index (κ1) is 17.9. The van der Waals surface area contributed by atoms with Gasteiger partial charge in [0.1, 0.15) is 17.6 Å². The molecule has 4 nitrogen and oxygen atoms in total. The summed E-state index contributed by atoms with van der Waals surface area (Å²) in [6.07, 6.45) is 7.92. The highest BCUT2D eigenvalue weighted by Gasteiger charge is 2.34. The van der Waals surface area contributed by atoms with E-state index in [9.17, 15) is 5.11 Å². The lowest BCUT2D eigenvalue weighted by atomic mass is 9.94. The summed E-state index contributed by atoms with van der Waals surface area (Å²) in [5.74, 6) is 0.237. The van der Waals surface area contributed by atoms with Gasteiger partial charge < -0.3 is 14.3 Å². The summed E-state index contributed by atoms with van der Waals surface area (Å²) < 4.78 is 12.0. The molecule has 134 valence electrons. The molecule has 0 bridgehead atoms. The average molecular weight is 341 g/mol. The summed E-state index contributed by atoms with van der Waals surface area (Å²) in [4.78, 5) is 4.68. The second-order valence-corrected chi connectivity index (χ2v) is 6.90. The van der Waals surface area contributed by atoms with Gasteiger partial charge in [-0.3, -0.25) is 0 Å². The van der Waals surface area contributed by atoms with E-state index in [4.69, 9.17) is 9.15 Å². The van der Waals surface area contributed by atoms with Crippen molar-refractivity contribution in [2.75, 3.05) is 0 Å². The molecule has 3 rings (SSSR count). The highest BCUT2D eigenvalue weighted by Crippen LogP contribution is 2.36. The molecular weight excluding hydrogens is 314 g/mol. The van der Waals surface area contributed by atoms with Crippen LogP contribution in [0.15, 0.2) is 40.8 Å². The molecule has 1 aliphatic carbocycles. The van der Waals surface area contributed by atoms with Crippen molar-refractivity contribution in [2.24, 2.45) is 0 Å². The molecule has 0 aliphatic heterocycles. The van der Waals surface area contributed by atoms with Crippen LogP contribution in [0.5, 0.6) is 0 Å². The van der Waals surface area contributed by atoms with E-state index in [2.05, 4.69) is 11.1 Å². The van der Waals surface area contributed by atoms with Crippen LogP contribution in [0.1, 0.15) is 62.1 Å². The SMILES string of the molecule is CC=CC(OC1(O)CCCCC1)c1nc(-c2cccc(C)c2)oc1C. The van der Waals surface area contributed by atoms with Crippen molar-refractivity contribution in [2.45, 2.75) is 64.8 Å². The fourth-order valence-electron chi connectivity index (χ4n) is 3.39. The van der Waals surface area contributed by atoms with Crippen LogP contribution in [-0.2, 0) is 4.74 Å². The Hall–Kier alpha value is -1.91. The minimum atomic E-state index is -1.07. The van der Waals surface area contributed by atoms with Crippen LogP contribution < -0.4 is 0 Å². The van der Waals surface area contributed by atoms with E-state index in [0.29, 0.717) is 18.7 Å². The van der Waals surface area contributed by atoms with Crippen molar-refractivity contribution in [1.29, 1.82) is 0 Å². The molecule has 0 spiro atoms. The highest BCUT2D eigenvalue weighted by molar-refractivity contribution is 5.55. The Morgan fingerprint density at radius 3 is 2.68 bits per heavy atom. The first-order valence-electron chi connectivity index (χ1n) is 9.08. The number of oxazole rings is 1. The molecule has 1 N–H and O–H groups in total. The van der Waals surface area contributed by atoms with Crippen LogP contribution >= 0.6 is 0 Å². The van der Waals surface area contributed by atoms with Crippen molar-refractivity contribution in [3.63, 3.8) is 0 Å². The van der Waals surface area contributed by atoms with Gasteiger partial charge in [0.2, 0.25) is 5.89 Å². The van der Waals surface area contributed by atoms with E-state index in [0.717, 1.165) is 41.8 Å². The van der Waals surface area contributed by atoms with Gasteiger partial charge in [-0.25, -0.2) is 4.98 Å². The predicted molar refractivity (Wildman–Crippen MR) is 98.1 cm³/mol. The molecule has 1 atom stereocenters. The van der Waals surface area contributed by atoms with Gasteiger partial charge in [-0.2, -0.15) is 0 Å². The third kappa shape index (κ3) is 4.20. The molecule has 1 aromatic heterocycles. The zero-order valence-corrected chi connectivity index (χ0v) is 15.3. The maximum absolute atomic E-state index is 10.8. The third-order valence-electron chi connectivity index (χ3n) is 4.72. The van der Waals surface area contributed by atoms with Gasteiger partial charge >= 0.3 is 0 Å². The number of hydrogen-bond donors (Lipinski definition) is 1. The van der Waals surface area contributed by atoms with Crippen LogP contribution in [0.25, 0.3) is 11.5 Å². The highest BCUT2D eigenvalue weighted by atomic mass is 16.6. The second-order valence-electron chi connectivity index (χ2n) is 6.90. The van der Waals surface area contributed by atoms with Crippen molar-refractivity contribution < 1.29 is 14.3 Å². The van der Waals surface area contributed by atoms with Gasteiger partial charge in [-0.1, -0.05) is 36.3 Å². The topological polar surface area (TPSA) is 55.5 Å². The summed E-state index contributed by atoms with van der Waals surface area (Å²) in [5.41, 5.74) is 2.84. The quantitative estimate of drug-likeness (QED) is 0.596. The van der Waals surface area contributed by atoms with Crippen molar-refractivity contribution in [1.82, 2.24) is 4.98 Å². The number of hydrogen-bond acceptors (Lipinski definition) is 4. The summed E-state index contributed by atoms with van der Waals surface area (Å²) in [6.45, 7) is 5.88. The van der Waals surface area contributed by atoms with E-state index in [-0.39, 0.29) is 0 Å². The molecule has 1 heterocycles. The van der Waals surface area contributed by atoms with Crippen molar-refractivity contribution in [3.05, 3.63) is 53.4 Å². The molecular formula is C21H27NO3. The smallest absolute Gasteiger partial charge is 0.226 e. The number of rotatable bonds is 5. The Labute approximate surface area is 149 Å². The Balaban J connectivity index is 1.89. The molecule has 25 heavy (non-hydrogen) atoms. The second kappa shape index (κ2) is 7.54. The average Bonchev–Trinajstić information content (AvgIpc) is 2.97. The minimum Gasteiger partial charge on any atom is -0.441 e. The van der Waals surface area contributed by atoms with E-state index < -0.39 is 11.9 Å². The predicted octanol–water partition coefficient (Wildman–Crippen LogP) is 5.24. The monoisotopic (exact) mass is 341 g/mol. The van der Waals surface area contributed by atoms with Crippen LogP contribution in [0.4, 0.5) is 0 Å². The maximum Gasteiger partial charge on any atom is 0.226 e. The molecule has 1 aromatic carbocycles. The van der Waals surface area contributed by atoms with E-state index >= 15 is 0 Å². The number of aryl methyl sites for hydroxylation is 2. The lowest BCUT2D eigenvalue weighted by molar-refractivity contribution is -0.238. The fourth-order valence-corrected chi connectivity index (χ4v) is 3.39. The third-order valence-corrected chi connectivity index (χ3v) is 4.72. The Morgan fingerprint density at radius 2 is 2.00 bits per heavy atom. The van der Waals surface area contributed by atoms with Crippen LogP contribution in [0.3, 0.4) is 0 Å². The number of aromatic nitrogens is 1.